The van der Waals surface area contributed by atoms with Crippen LogP contribution in [0.4, 0.5) is 11.6 Å². The summed E-state index contributed by atoms with van der Waals surface area (Å²) in [5.41, 5.74) is 1.24. The Kier molecular flexibility index (Phi) is 15.7. The van der Waals surface area contributed by atoms with Crippen LogP contribution in [-0.4, -0.2) is 95.7 Å². The van der Waals surface area contributed by atoms with Crippen LogP contribution in [0.15, 0.2) is 34.3 Å². The summed E-state index contributed by atoms with van der Waals surface area (Å²) in [6, 6.07) is 7.98. The van der Waals surface area contributed by atoms with Gasteiger partial charge in [-0.15, -0.1) is 23.5 Å². The quantitative estimate of drug-likeness (QED) is 0.109. The summed E-state index contributed by atoms with van der Waals surface area (Å²) in [6.07, 6.45) is 18.0. The van der Waals surface area contributed by atoms with Crippen molar-refractivity contribution in [3.8, 4) is 0 Å². The zero-order chi connectivity index (χ0) is 40.3. The first-order chi connectivity index (χ1) is 28.3. The number of amides is 2. The summed E-state index contributed by atoms with van der Waals surface area (Å²) in [4.78, 5) is 67.4. The Bertz CT molecular complexity index is 1730. The second kappa shape index (κ2) is 21.2. The van der Waals surface area contributed by atoms with E-state index in [1.165, 1.54) is 32.1 Å². The highest BCUT2D eigenvalue weighted by Gasteiger charge is 2.33. The molecule has 0 radical (unpaired) electrons. The Morgan fingerprint density at radius 2 is 1.29 bits per heavy atom. The number of nitrogens with one attached hydrogen (secondary N) is 2. The van der Waals surface area contributed by atoms with Gasteiger partial charge in [-0.05, 0) is 87.3 Å². The van der Waals surface area contributed by atoms with Crippen LogP contribution in [0.3, 0.4) is 0 Å². The second-order valence-electron chi connectivity index (χ2n) is 16.8. The molecule has 3 aliphatic carbocycles. The van der Waals surface area contributed by atoms with Crippen molar-refractivity contribution in [1.82, 2.24) is 20.6 Å². The predicted molar refractivity (Wildman–Crippen MR) is 229 cm³/mol. The van der Waals surface area contributed by atoms with Crippen molar-refractivity contribution in [1.29, 1.82) is 0 Å². The van der Waals surface area contributed by atoms with Gasteiger partial charge in [0.15, 0.2) is 6.10 Å². The molecule has 5 aliphatic rings. The predicted octanol–water partition coefficient (Wildman–Crippen LogP) is 7.72. The molecule has 14 heteroatoms. The minimum atomic E-state index is -0.932. The topological polar surface area (TPSA) is 143 Å². The molecule has 58 heavy (non-hydrogen) atoms. The molecule has 2 N–H and O–H groups in total. The van der Waals surface area contributed by atoms with E-state index >= 15 is 0 Å². The molecular weight excluding hydrogens is 773 g/mol. The number of hydrogen-bond donors (Lipinski definition) is 2. The number of rotatable bonds is 14. The molecule has 2 amide bonds. The fourth-order valence-electron chi connectivity index (χ4n) is 8.98. The molecule has 7 rings (SSSR count). The van der Waals surface area contributed by atoms with Gasteiger partial charge < -0.3 is 29.9 Å². The molecule has 0 bridgehead atoms. The first-order valence-electron chi connectivity index (χ1n) is 22.1. The van der Waals surface area contributed by atoms with Crippen LogP contribution < -0.4 is 20.4 Å². The molecule has 2 aliphatic heterocycles. The maximum atomic E-state index is 13.5. The van der Waals surface area contributed by atoms with E-state index in [4.69, 9.17) is 19.4 Å². The third kappa shape index (κ3) is 11.7. The van der Waals surface area contributed by atoms with E-state index in [2.05, 4.69) is 22.5 Å². The smallest absolute Gasteiger partial charge is 0.344 e. The van der Waals surface area contributed by atoms with Crippen LogP contribution in [0.1, 0.15) is 143 Å². The molecule has 12 nitrogen and oxygen atoms in total. The van der Waals surface area contributed by atoms with Crippen molar-refractivity contribution in [3.05, 3.63) is 35.4 Å². The first-order valence-corrected chi connectivity index (χ1v) is 24.0. The Morgan fingerprint density at radius 3 is 1.91 bits per heavy atom. The van der Waals surface area contributed by atoms with Crippen LogP contribution in [0.25, 0.3) is 0 Å². The molecule has 5 fully saturated rings. The van der Waals surface area contributed by atoms with Gasteiger partial charge in [-0.1, -0.05) is 64.7 Å². The second-order valence-corrected chi connectivity index (χ2v) is 19.2. The first kappa shape index (κ1) is 42.8. The van der Waals surface area contributed by atoms with Gasteiger partial charge in [-0.3, -0.25) is 14.4 Å². The average molecular weight is 835 g/mol. The van der Waals surface area contributed by atoms with Crippen LogP contribution in [0.2, 0.25) is 0 Å². The molecule has 0 spiro atoms. The normalized spacial score (nSPS) is 22.4. The molecule has 4 heterocycles. The molecule has 3 saturated carbocycles. The number of pyridine rings is 2. The number of morpholine rings is 1. The number of anilines is 2. The average Bonchev–Trinajstić information content (AvgIpc) is 3.72. The number of esters is 2. The third-order valence-corrected chi connectivity index (χ3v) is 14.8. The van der Waals surface area contributed by atoms with Crippen molar-refractivity contribution in [3.63, 3.8) is 0 Å². The van der Waals surface area contributed by atoms with E-state index in [0.29, 0.717) is 40.3 Å². The summed E-state index contributed by atoms with van der Waals surface area (Å²) in [7, 11) is 0. The number of carbonyl (C=O) groups is 4. The summed E-state index contributed by atoms with van der Waals surface area (Å²) >= 11 is 3.32. The third-order valence-electron chi connectivity index (χ3n) is 12.3. The number of nitrogens with zero attached hydrogens (tertiary/aromatic N) is 4. The van der Waals surface area contributed by atoms with E-state index < -0.39 is 18.0 Å². The van der Waals surface area contributed by atoms with Crippen molar-refractivity contribution < 1.29 is 28.7 Å². The largest absolute Gasteiger partial charge is 0.391 e. The monoisotopic (exact) mass is 834 g/mol. The highest BCUT2D eigenvalue weighted by atomic mass is 32.2. The van der Waals surface area contributed by atoms with Gasteiger partial charge in [0.05, 0.1) is 30.7 Å². The molecular formula is C44H62N6O6S2. The fraction of sp³-hybridized carbons (Fsp3) is 0.682. The number of thioether (sulfide) groups is 2. The van der Waals surface area contributed by atoms with Gasteiger partial charge in [-0.2, -0.15) is 0 Å². The minimum absolute atomic E-state index is 0.00617. The van der Waals surface area contributed by atoms with Gasteiger partial charge in [0, 0.05) is 37.0 Å². The lowest BCUT2D eigenvalue weighted by atomic mass is 9.95. The molecule has 2 aromatic heterocycles. The van der Waals surface area contributed by atoms with Gasteiger partial charge in [0.2, 0.25) is 0 Å². The van der Waals surface area contributed by atoms with Crippen molar-refractivity contribution in [2.24, 2.45) is 5.92 Å². The Labute approximate surface area is 352 Å². The number of ether oxygens (including phenoxy) is 2. The van der Waals surface area contributed by atoms with E-state index in [-0.39, 0.29) is 49.4 Å². The Balaban J connectivity index is 0.928. The van der Waals surface area contributed by atoms with Gasteiger partial charge in [0.25, 0.3) is 11.8 Å². The molecule has 316 valence electrons. The lowest BCUT2D eigenvalue weighted by Crippen LogP contribution is -2.47. The SMILES string of the molecule is CCCSc1nc(N2CCOC(C(=O)OC(=O)C[C@H]3CCN(c4ccc(C(=O)NC5CCCCC5)c(SC5CCCCC5)n4)C3)C2)ccc1C(=O)NC1CCCCC1. The highest BCUT2D eigenvalue weighted by Crippen LogP contribution is 2.37. The summed E-state index contributed by atoms with van der Waals surface area (Å²) < 4.78 is 11.2. The lowest BCUT2D eigenvalue weighted by Gasteiger charge is -2.32. The maximum Gasteiger partial charge on any atom is 0.344 e. The van der Waals surface area contributed by atoms with Crippen LogP contribution >= 0.6 is 23.5 Å². The Hall–Kier alpha value is -3.36. The fourth-order valence-corrected chi connectivity index (χ4v) is 11.2. The standard InChI is InChI=1S/C44H62N6O6S2/c1-2-26-57-42-34(40(52)45-31-12-6-3-7-13-31)18-20-37(47-42)50-24-25-55-36(29-50)44(54)56-39(51)27-30-22-23-49(28-30)38-21-19-35(41(53)46-32-14-8-4-9-15-32)43(48-38)58-33-16-10-5-11-17-33/h18-21,30-33,36H,2-17,22-29H2,1H3,(H,45,52)(H,46,53)/t30-,36?/m1/s1. The Morgan fingerprint density at radius 1 is 0.724 bits per heavy atom. The van der Waals surface area contributed by atoms with Crippen LogP contribution in [-0.2, 0) is 19.1 Å². The molecule has 2 saturated heterocycles. The van der Waals surface area contributed by atoms with Crippen LogP contribution in [0.5, 0.6) is 0 Å². The van der Waals surface area contributed by atoms with E-state index in [1.807, 2.05) is 29.2 Å². The molecule has 0 aromatic carbocycles. The lowest BCUT2D eigenvalue weighted by molar-refractivity contribution is -0.169. The van der Waals surface area contributed by atoms with Gasteiger partial charge in [-0.25, -0.2) is 14.8 Å². The number of aromatic nitrogens is 2. The maximum absolute atomic E-state index is 13.5. The summed E-state index contributed by atoms with van der Waals surface area (Å²) in [5.74, 6) is 0.961. The molecule has 2 atom stereocenters. The zero-order valence-corrected chi connectivity index (χ0v) is 35.9. The van der Waals surface area contributed by atoms with Gasteiger partial charge >= 0.3 is 11.9 Å². The van der Waals surface area contributed by atoms with Crippen LogP contribution in [0, 0.1) is 5.92 Å². The number of hydrogen-bond acceptors (Lipinski definition) is 12. The zero-order valence-electron chi connectivity index (χ0n) is 34.2. The van der Waals surface area contributed by atoms with Crippen molar-refractivity contribution in [2.45, 2.75) is 156 Å². The molecule has 1 unspecified atom stereocenters. The summed E-state index contributed by atoms with van der Waals surface area (Å²) in [6.45, 7) is 4.45. The van der Waals surface area contributed by atoms with Crippen molar-refractivity contribution in [2.75, 3.05) is 48.3 Å². The highest BCUT2D eigenvalue weighted by molar-refractivity contribution is 8.00. The van der Waals surface area contributed by atoms with E-state index in [1.54, 1.807) is 23.5 Å². The van der Waals surface area contributed by atoms with E-state index in [9.17, 15) is 19.2 Å². The van der Waals surface area contributed by atoms with Gasteiger partial charge in [0.1, 0.15) is 21.7 Å². The van der Waals surface area contributed by atoms with E-state index in [0.717, 1.165) is 100 Å². The minimum Gasteiger partial charge on any atom is -0.391 e. The molecule has 2 aromatic rings. The summed E-state index contributed by atoms with van der Waals surface area (Å²) in [5, 5.41) is 8.46. The number of carbonyl (C=O) groups excluding carboxylic acids is 4. The van der Waals surface area contributed by atoms with Crippen molar-refractivity contribution >= 4 is 58.9 Å².